The lowest BCUT2D eigenvalue weighted by Gasteiger charge is -2.33. The number of piperazine rings is 1. The maximum atomic E-state index is 13.2. The molecule has 1 N–H and O–H groups in total. The van der Waals surface area contributed by atoms with E-state index in [9.17, 15) is 14.3 Å². The summed E-state index contributed by atoms with van der Waals surface area (Å²) in [4.78, 5) is 15.7. The Bertz CT molecular complexity index is 445. The van der Waals surface area contributed by atoms with Crippen LogP contribution < -0.4 is 0 Å². The summed E-state index contributed by atoms with van der Waals surface area (Å²) in [7, 11) is 2.05. The lowest BCUT2D eigenvalue weighted by molar-refractivity contribution is -0.139. The minimum absolute atomic E-state index is 0.387. The Morgan fingerprint density at radius 3 is 2.63 bits per heavy atom. The van der Waals surface area contributed by atoms with Gasteiger partial charge in [-0.2, -0.15) is 0 Å². The van der Waals surface area contributed by atoms with Crippen LogP contribution >= 0.6 is 0 Å². The molecule has 19 heavy (non-hydrogen) atoms. The molecular formula is C14H19FN2O2. The normalized spacial score (nSPS) is 19.3. The van der Waals surface area contributed by atoms with Gasteiger partial charge in [-0.3, -0.25) is 9.69 Å². The Balaban J connectivity index is 2.06. The quantitative estimate of drug-likeness (QED) is 0.890. The van der Waals surface area contributed by atoms with Gasteiger partial charge in [0.15, 0.2) is 0 Å². The van der Waals surface area contributed by atoms with E-state index in [2.05, 4.69) is 16.8 Å². The summed E-state index contributed by atoms with van der Waals surface area (Å²) in [5.74, 6) is -1.95. The predicted octanol–water partition coefficient (Wildman–Crippen LogP) is 1.24. The first kappa shape index (κ1) is 14.0. The molecule has 1 saturated heterocycles. The molecule has 1 aliphatic heterocycles. The van der Waals surface area contributed by atoms with Crippen LogP contribution in [-0.4, -0.2) is 60.6 Å². The molecule has 2 rings (SSSR count). The average Bonchev–Trinajstić information content (AvgIpc) is 2.37. The first-order valence-corrected chi connectivity index (χ1v) is 6.45. The second-order valence-electron chi connectivity index (χ2n) is 5.05. The van der Waals surface area contributed by atoms with Gasteiger partial charge in [0.05, 0.1) is 5.92 Å². The molecule has 1 fully saturated rings. The molecule has 0 saturated carbocycles. The number of hydrogen-bond acceptors (Lipinski definition) is 3. The molecule has 0 bridgehead atoms. The fourth-order valence-corrected chi connectivity index (χ4v) is 2.34. The number of carboxylic acid groups (broad SMARTS) is 1. The molecule has 4 nitrogen and oxygen atoms in total. The van der Waals surface area contributed by atoms with Crippen LogP contribution in [0.3, 0.4) is 0 Å². The van der Waals surface area contributed by atoms with Crippen molar-refractivity contribution in [1.82, 2.24) is 9.80 Å². The third-order valence-electron chi connectivity index (χ3n) is 3.59. The molecule has 1 heterocycles. The Hall–Kier alpha value is -1.46. The van der Waals surface area contributed by atoms with E-state index >= 15 is 0 Å². The van der Waals surface area contributed by atoms with Crippen LogP contribution in [0, 0.1) is 5.82 Å². The number of rotatable bonds is 4. The van der Waals surface area contributed by atoms with E-state index < -0.39 is 11.9 Å². The van der Waals surface area contributed by atoms with Crippen molar-refractivity contribution in [1.29, 1.82) is 0 Å². The van der Waals surface area contributed by atoms with Gasteiger partial charge in [0.1, 0.15) is 5.82 Å². The molecule has 1 aliphatic rings. The minimum atomic E-state index is -0.899. The summed E-state index contributed by atoms with van der Waals surface area (Å²) in [6.07, 6.45) is 0. The monoisotopic (exact) mass is 266 g/mol. The van der Waals surface area contributed by atoms with Crippen molar-refractivity contribution in [3.05, 3.63) is 35.6 Å². The van der Waals surface area contributed by atoms with Crippen molar-refractivity contribution in [2.75, 3.05) is 39.8 Å². The molecule has 0 radical (unpaired) electrons. The van der Waals surface area contributed by atoms with Crippen LogP contribution in [0.5, 0.6) is 0 Å². The molecule has 104 valence electrons. The summed E-state index contributed by atoms with van der Waals surface area (Å²) in [5.41, 5.74) is 0.534. The average molecular weight is 266 g/mol. The largest absolute Gasteiger partial charge is 0.481 e. The van der Waals surface area contributed by atoms with E-state index in [-0.39, 0.29) is 5.82 Å². The summed E-state index contributed by atoms with van der Waals surface area (Å²) in [6.45, 7) is 4.03. The smallest absolute Gasteiger partial charge is 0.312 e. The van der Waals surface area contributed by atoms with Gasteiger partial charge in [-0.15, -0.1) is 0 Å². The van der Waals surface area contributed by atoms with Gasteiger partial charge in [-0.05, 0) is 24.7 Å². The van der Waals surface area contributed by atoms with Gasteiger partial charge in [0.25, 0.3) is 0 Å². The van der Waals surface area contributed by atoms with Crippen LogP contribution in [0.2, 0.25) is 0 Å². The third-order valence-corrected chi connectivity index (χ3v) is 3.59. The molecule has 5 heteroatoms. The highest BCUT2D eigenvalue weighted by Crippen LogP contribution is 2.19. The molecule has 1 aromatic carbocycles. The summed E-state index contributed by atoms with van der Waals surface area (Å²) in [5, 5.41) is 9.34. The molecule has 0 amide bonds. The van der Waals surface area contributed by atoms with Crippen LogP contribution in [0.25, 0.3) is 0 Å². The lowest BCUT2D eigenvalue weighted by Crippen LogP contribution is -2.46. The fourth-order valence-electron chi connectivity index (χ4n) is 2.34. The van der Waals surface area contributed by atoms with Crippen LogP contribution in [0.1, 0.15) is 11.5 Å². The first-order chi connectivity index (χ1) is 9.06. The van der Waals surface area contributed by atoms with E-state index in [1.807, 2.05) is 0 Å². The van der Waals surface area contributed by atoms with Crippen LogP contribution in [0.4, 0.5) is 4.39 Å². The highest BCUT2D eigenvalue weighted by atomic mass is 19.1. The number of carboxylic acids is 1. The van der Waals surface area contributed by atoms with E-state index in [0.29, 0.717) is 12.1 Å². The predicted molar refractivity (Wildman–Crippen MR) is 70.7 cm³/mol. The van der Waals surface area contributed by atoms with E-state index in [4.69, 9.17) is 0 Å². The highest BCUT2D eigenvalue weighted by Gasteiger charge is 2.25. The van der Waals surface area contributed by atoms with Crippen molar-refractivity contribution < 1.29 is 14.3 Å². The number of hydrogen-bond donors (Lipinski definition) is 1. The van der Waals surface area contributed by atoms with E-state index in [0.717, 1.165) is 26.2 Å². The lowest BCUT2D eigenvalue weighted by atomic mass is 9.98. The number of likely N-dealkylation sites (N-methyl/N-ethyl adjacent to an activating group) is 1. The van der Waals surface area contributed by atoms with Crippen LogP contribution in [0.15, 0.2) is 24.3 Å². The molecule has 0 aliphatic carbocycles. The van der Waals surface area contributed by atoms with E-state index in [1.54, 1.807) is 12.1 Å². The minimum Gasteiger partial charge on any atom is -0.481 e. The number of carbonyl (C=O) groups is 1. The molecular weight excluding hydrogens is 247 g/mol. The van der Waals surface area contributed by atoms with Gasteiger partial charge in [-0.25, -0.2) is 4.39 Å². The number of aliphatic carboxylic acids is 1. The Morgan fingerprint density at radius 1 is 1.37 bits per heavy atom. The summed E-state index contributed by atoms with van der Waals surface area (Å²) >= 11 is 0. The molecule has 0 spiro atoms. The van der Waals surface area contributed by atoms with Crippen molar-refractivity contribution >= 4 is 5.97 Å². The van der Waals surface area contributed by atoms with Crippen molar-refractivity contribution in [3.8, 4) is 0 Å². The molecule has 1 atom stereocenters. The van der Waals surface area contributed by atoms with Gasteiger partial charge in [0.2, 0.25) is 0 Å². The maximum absolute atomic E-state index is 13.2. The number of benzene rings is 1. The molecule has 0 aromatic heterocycles. The Morgan fingerprint density at radius 2 is 2.05 bits per heavy atom. The zero-order valence-electron chi connectivity index (χ0n) is 11.1. The van der Waals surface area contributed by atoms with E-state index in [1.165, 1.54) is 12.1 Å². The van der Waals surface area contributed by atoms with Gasteiger partial charge in [-0.1, -0.05) is 12.1 Å². The topological polar surface area (TPSA) is 43.8 Å². The summed E-state index contributed by atoms with van der Waals surface area (Å²) < 4.78 is 13.2. The van der Waals surface area contributed by atoms with Crippen molar-refractivity contribution in [2.45, 2.75) is 5.92 Å². The van der Waals surface area contributed by atoms with Gasteiger partial charge >= 0.3 is 5.97 Å². The molecule has 1 aromatic rings. The fraction of sp³-hybridized carbons (Fsp3) is 0.500. The number of halogens is 1. The first-order valence-electron chi connectivity index (χ1n) is 6.45. The van der Waals surface area contributed by atoms with Crippen molar-refractivity contribution in [3.63, 3.8) is 0 Å². The van der Waals surface area contributed by atoms with Gasteiger partial charge in [0, 0.05) is 32.7 Å². The highest BCUT2D eigenvalue weighted by molar-refractivity contribution is 5.76. The Labute approximate surface area is 112 Å². The standard InChI is InChI=1S/C14H19FN2O2/c1-16-5-7-17(8-6-16)10-13(14(18)19)11-3-2-4-12(15)9-11/h2-4,9,13H,5-8,10H2,1H3,(H,18,19). The SMILES string of the molecule is CN1CCN(CC(C(=O)O)c2cccc(F)c2)CC1. The second-order valence-corrected chi connectivity index (χ2v) is 5.05. The summed E-state index contributed by atoms with van der Waals surface area (Å²) in [6, 6.07) is 5.88. The maximum Gasteiger partial charge on any atom is 0.312 e. The Kier molecular flexibility index (Phi) is 4.50. The second kappa shape index (κ2) is 6.12. The van der Waals surface area contributed by atoms with Gasteiger partial charge < -0.3 is 10.0 Å². The third kappa shape index (κ3) is 3.75. The van der Waals surface area contributed by atoms with Crippen molar-refractivity contribution in [2.24, 2.45) is 0 Å². The zero-order valence-corrected chi connectivity index (χ0v) is 11.1. The van der Waals surface area contributed by atoms with Crippen LogP contribution in [-0.2, 0) is 4.79 Å². The molecule has 1 unspecified atom stereocenters. The number of nitrogens with zero attached hydrogens (tertiary/aromatic N) is 2. The zero-order chi connectivity index (χ0) is 13.8.